The Morgan fingerprint density at radius 3 is 2.83 bits per heavy atom. The van der Waals surface area contributed by atoms with E-state index in [0.717, 1.165) is 12.8 Å². The lowest BCUT2D eigenvalue weighted by Gasteiger charge is -2.12. The topological polar surface area (TPSA) is 74.1 Å². The summed E-state index contributed by atoms with van der Waals surface area (Å²) in [6.07, 6.45) is 3.72. The van der Waals surface area contributed by atoms with Crippen LogP contribution in [-0.4, -0.2) is 37.8 Å². The van der Waals surface area contributed by atoms with Crippen molar-refractivity contribution in [1.82, 2.24) is 14.8 Å². The van der Waals surface area contributed by atoms with Crippen molar-refractivity contribution < 1.29 is 13.7 Å². The van der Waals surface area contributed by atoms with E-state index in [2.05, 4.69) is 14.8 Å². The van der Waals surface area contributed by atoms with Crippen molar-refractivity contribution in [1.29, 1.82) is 0 Å². The monoisotopic (exact) mass is 271 g/mol. The summed E-state index contributed by atoms with van der Waals surface area (Å²) < 4.78 is 18.4. The van der Waals surface area contributed by atoms with Gasteiger partial charge in [0.2, 0.25) is 0 Å². The maximum Gasteiger partial charge on any atom is 0.306 e. The Balaban J connectivity index is 1.88. The number of hydrogen-bond acceptors (Lipinski definition) is 5. The van der Waals surface area contributed by atoms with Gasteiger partial charge in [0.15, 0.2) is 0 Å². The first kappa shape index (κ1) is 13.2. The van der Waals surface area contributed by atoms with Crippen LogP contribution in [0.2, 0.25) is 0 Å². The minimum absolute atomic E-state index is 0.101. The van der Waals surface area contributed by atoms with Gasteiger partial charge in [-0.05, 0) is 18.3 Å². The van der Waals surface area contributed by atoms with Gasteiger partial charge in [-0.3, -0.25) is 13.7 Å². The summed E-state index contributed by atoms with van der Waals surface area (Å²) in [4.78, 5) is 15.3. The molecule has 1 aromatic heterocycles. The van der Waals surface area contributed by atoms with Crippen LogP contribution in [0.5, 0.6) is 0 Å². The Bertz CT molecular complexity index is 468. The molecule has 6 nitrogen and oxygen atoms in total. The van der Waals surface area contributed by atoms with Gasteiger partial charge in [0, 0.05) is 23.6 Å². The third kappa shape index (κ3) is 3.16. The highest BCUT2D eigenvalue weighted by Gasteiger charge is 2.45. The highest BCUT2D eigenvalue weighted by molar-refractivity contribution is 7.84. The van der Waals surface area contributed by atoms with Crippen LogP contribution < -0.4 is 0 Å². The molecule has 1 saturated carbocycles. The molecule has 0 bridgehead atoms. The van der Waals surface area contributed by atoms with E-state index in [1.54, 1.807) is 11.7 Å². The Morgan fingerprint density at radius 1 is 1.61 bits per heavy atom. The first-order valence-electron chi connectivity index (χ1n) is 5.79. The molecule has 0 saturated heterocycles. The van der Waals surface area contributed by atoms with Crippen molar-refractivity contribution in [3.8, 4) is 0 Å². The number of ether oxygens (including phenoxy) is 1. The van der Waals surface area contributed by atoms with E-state index >= 15 is 0 Å². The fraction of sp³-hybridized carbons (Fsp3) is 0.727. The summed E-state index contributed by atoms with van der Waals surface area (Å²) >= 11 is 0. The van der Waals surface area contributed by atoms with Crippen molar-refractivity contribution in [3.63, 3.8) is 0 Å². The van der Waals surface area contributed by atoms with E-state index in [0.29, 0.717) is 23.8 Å². The van der Waals surface area contributed by atoms with E-state index in [4.69, 9.17) is 0 Å². The molecule has 1 atom stereocenters. The number of hydrogen-bond donors (Lipinski definition) is 0. The lowest BCUT2D eigenvalue weighted by molar-refractivity contribution is -0.141. The molecule has 7 heteroatoms. The van der Waals surface area contributed by atoms with Crippen LogP contribution in [0.3, 0.4) is 0 Å². The van der Waals surface area contributed by atoms with Gasteiger partial charge in [0.05, 0.1) is 19.3 Å². The normalized spacial score (nSPS) is 18.3. The number of methoxy groups -OCH3 is 1. The Kier molecular flexibility index (Phi) is 3.79. The third-order valence-corrected chi connectivity index (χ3v) is 4.78. The van der Waals surface area contributed by atoms with Crippen molar-refractivity contribution >= 4 is 16.8 Å². The molecule has 1 aliphatic rings. The van der Waals surface area contributed by atoms with Gasteiger partial charge in [0.1, 0.15) is 12.2 Å². The van der Waals surface area contributed by atoms with Crippen LogP contribution in [0.15, 0.2) is 6.33 Å². The molecule has 100 valence electrons. The molecular weight excluding hydrogens is 254 g/mol. The van der Waals surface area contributed by atoms with Gasteiger partial charge in [-0.15, -0.1) is 0 Å². The van der Waals surface area contributed by atoms with Crippen molar-refractivity contribution in [2.75, 3.05) is 12.9 Å². The molecule has 0 radical (unpaired) electrons. The number of carbonyl (C=O) groups is 1. The quantitative estimate of drug-likeness (QED) is 0.700. The summed E-state index contributed by atoms with van der Waals surface area (Å²) in [5.41, 5.74) is -0.101. The number of esters is 1. The molecule has 1 aliphatic carbocycles. The van der Waals surface area contributed by atoms with E-state index in [1.807, 2.05) is 0 Å². The number of rotatable bonds is 6. The van der Waals surface area contributed by atoms with Gasteiger partial charge >= 0.3 is 5.97 Å². The maximum absolute atomic E-state index is 12.1. The third-order valence-electron chi connectivity index (χ3n) is 3.27. The van der Waals surface area contributed by atoms with Crippen LogP contribution in [0, 0.1) is 5.41 Å². The van der Waals surface area contributed by atoms with Crippen LogP contribution in [0.1, 0.15) is 25.1 Å². The minimum atomic E-state index is -1.02. The first-order valence-corrected chi connectivity index (χ1v) is 7.28. The van der Waals surface area contributed by atoms with Crippen LogP contribution in [0.25, 0.3) is 0 Å². The lowest BCUT2D eigenvalue weighted by Crippen LogP contribution is -2.19. The lowest BCUT2D eigenvalue weighted by atomic mass is 10.1. The molecule has 1 unspecified atom stereocenters. The smallest absolute Gasteiger partial charge is 0.306 e. The molecule has 1 fully saturated rings. The predicted octanol–water partition coefficient (Wildman–Crippen LogP) is 0.407. The Morgan fingerprint density at radius 2 is 2.33 bits per heavy atom. The second kappa shape index (κ2) is 5.17. The van der Waals surface area contributed by atoms with Gasteiger partial charge in [0.25, 0.3) is 0 Å². The summed E-state index contributed by atoms with van der Waals surface area (Å²) in [5, 5.41) is 3.94. The van der Waals surface area contributed by atoms with Crippen molar-refractivity contribution in [3.05, 3.63) is 12.2 Å². The highest BCUT2D eigenvalue weighted by Crippen LogP contribution is 2.49. The van der Waals surface area contributed by atoms with Gasteiger partial charge in [-0.2, -0.15) is 5.10 Å². The molecule has 0 aromatic carbocycles. The zero-order valence-electron chi connectivity index (χ0n) is 10.6. The second-order valence-corrected chi connectivity index (χ2v) is 6.24. The van der Waals surface area contributed by atoms with Gasteiger partial charge in [-0.1, -0.05) is 0 Å². The minimum Gasteiger partial charge on any atom is -0.469 e. The second-order valence-electron chi connectivity index (χ2n) is 4.78. The van der Waals surface area contributed by atoms with E-state index < -0.39 is 10.8 Å². The average molecular weight is 271 g/mol. The van der Waals surface area contributed by atoms with Crippen molar-refractivity contribution in [2.45, 2.75) is 25.0 Å². The van der Waals surface area contributed by atoms with Crippen LogP contribution >= 0.6 is 0 Å². The summed E-state index contributed by atoms with van der Waals surface area (Å²) in [7, 11) is 2.15. The molecule has 0 aliphatic heterocycles. The van der Waals surface area contributed by atoms with Crippen LogP contribution in [-0.2, 0) is 33.1 Å². The number of nitrogens with zero attached hydrogens (tertiary/aromatic N) is 3. The van der Waals surface area contributed by atoms with E-state index in [1.165, 1.54) is 13.4 Å². The molecule has 1 aromatic rings. The first-order chi connectivity index (χ1) is 8.54. The van der Waals surface area contributed by atoms with E-state index in [-0.39, 0.29) is 11.4 Å². The molecular formula is C11H17N3O3S. The maximum atomic E-state index is 12.1. The molecule has 0 amide bonds. The molecule has 0 spiro atoms. The average Bonchev–Trinajstić information content (AvgIpc) is 2.94. The van der Waals surface area contributed by atoms with E-state index in [9.17, 15) is 9.00 Å². The standard InChI is InChI=1S/C11H17N3O3S/c1-14-9(12-8-13-14)6-18(16)7-11(3-4-11)5-10(15)17-2/h8H,3-7H2,1-2H3. The predicted molar refractivity (Wildman–Crippen MR) is 66.0 cm³/mol. The highest BCUT2D eigenvalue weighted by atomic mass is 32.2. The summed E-state index contributed by atoms with van der Waals surface area (Å²) in [6, 6.07) is 0. The fourth-order valence-corrected chi connectivity index (χ4v) is 3.64. The van der Waals surface area contributed by atoms with Gasteiger partial charge < -0.3 is 4.74 Å². The van der Waals surface area contributed by atoms with Gasteiger partial charge in [-0.25, -0.2) is 4.98 Å². The molecule has 2 rings (SSSR count). The zero-order valence-corrected chi connectivity index (χ0v) is 11.4. The number of aromatic nitrogens is 3. The Hall–Kier alpha value is -1.24. The molecule has 18 heavy (non-hydrogen) atoms. The van der Waals surface area contributed by atoms with Crippen molar-refractivity contribution in [2.24, 2.45) is 12.5 Å². The SMILES string of the molecule is COC(=O)CC1(CS(=O)Cc2ncnn2C)CC1. The largest absolute Gasteiger partial charge is 0.469 e. The van der Waals surface area contributed by atoms with Crippen LogP contribution in [0.4, 0.5) is 0 Å². The fourth-order valence-electron chi connectivity index (χ4n) is 1.91. The zero-order chi connectivity index (χ0) is 13.2. The molecule has 1 heterocycles. The summed E-state index contributed by atoms with van der Waals surface area (Å²) in [5.74, 6) is 1.42. The number of carbonyl (C=O) groups excluding carboxylic acids is 1. The molecule has 0 N–H and O–H groups in total. The summed E-state index contributed by atoms with van der Waals surface area (Å²) in [6.45, 7) is 0. The number of aryl methyl sites for hydroxylation is 1. The Labute approximate surface area is 108 Å².